The van der Waals surface area contributed by atoms with Gasteiger partial charge in [-0.15, -0.1) is 0 Å². The number of carbonyl (C=O) groups is 1. The standard InChI is InChI=1S/C13H22N2O2/c14-12-10-2-1-9(5-10)11(12)13(17)15-4-3-8(6-15)7-16/h8-12,16H,1-7,14H2. The average Bonchev–Trinajstić information content (AvgIpc) is 3.03. The Bertz CT molecular complexity index is 319. The van der Waals surface area contributed by atoms with E-state index in [9.17, 15) is 4.79 Å². The number of carbonyl (C=O) groups excluding carboxylic acids is 1. The highest BCUT2D eigenvalue weighted by molar-refractivity contribution is 5.80. The van der Waals surface area contributed by atoms with Gasteiger partial charge in [0, 0.05) is 31.7 Å². The van der Waals surface area contributed by atoms with Crippen LogP contribution in [0.4, 0.5) is 0 Å². The number of nitrogens with two attached hydrogens (primary N) is 1. The Kier molecular flexibility index (Phi) is 2.87. The largest absolute Gasteiger partial charge is 0.396 e. The molecule has 1 amide bonds. The molecule has 4 nitrogen and oxygen atoms in total. The SMILES string of the molecule is NC1C2CCC(C2)C1C(=O)N1CCC(CO)C1. The number of fused-ring (bicyclic) bond motifs is 2. The second kappa shape index (κ2) is 4.25. The molecule has 2 saturated carbocycles. The van der Waals surface area contributed by atoms with Crippen molar-refractivity contribution in [3.63, 3.8) is 0 Å². The first kappa shape index (κ1) is 11.5. The van der Waals surface area contributed by atoms with E-state index in [-0.39, 0.29) is 30.4 Å². The minimum atomic E-state index is 0.0752. The fourth-order valence-corrected chi connectivity index (χ4v) is 4.09. The van der Waals surface area contributed by atoms with E-state index in [1.54, 1.807) is 0 Å². The van der Waals surface area contributed by atoms with E-state index < -0.39 is 0 Å². The van der Waals surface area contributed by atoms with E-state index in [1.165, 1.54) is 12.8 Å². The highest BCUT2D eigenvalue weighted by Crippen LogP contribution is 2.48. The molecule has 2 aliphatic carbocycles. The lowest BCUT2D eigenvalue weighted by atomic mass is 9.84. The quantitative estimate of drug-likeness (QED) is 0.722. The van der Waals surface area contributed by atoms with Crippen LogP contribution in [0.3, 0.4) is 0 Å². The summed E-state index contributed by atoms with van der Waals surface area (Å²) in [5, 5.41) is 9.13. The Morgan fingerprint density at radius 2 is 2.06 bits per heavy atom. The third-order valence-corrected chi connectivity index (χ3v) is 5.12. The van der Waals surface area contributed by atoms with Crippen molar-refractivity contribution >= 4 is 5.91 Å². The third-order valence-electron chi connectivity index (χ3n) is 5.12. The van der Waals surface area contributed by atoms with E-state index in [4.69, 9.17) is 10.8 Å². The summed E-state index contributed by atoms with van der Waals surface area (Å²) >= 11 is 0. The fraction of sp³-hybridized carbons (Fsp3) is 0.923. The molecule has 96 valence electrons. The van der Waals surface area contributed by atoms with Crippen LogP contribution in [0.2, 0.25) is 0 Å². The number of hydrogen-bond acceptors (Lipinski definition) is 3. The van der Waals surface area contributed by atoms with E-state index in [0.717, 1.165) is 25.9 Å². The highest BCUT2D eigenvalue weighted by atomic mass is 16.3. The minimum absolute atomic E-state index is 0.0752. The van der Waals surface area contributed by atoms with Crippen molar-refractivity contribution in [2.24, 2.45) is 29.4 Å². The van der Waals surface area contributed by atoms with Crippen LogP contribution in [0.5, 0.6) is 0 Å². The molecule has 2 bridgehead atoms. The molecule has 3 aliphatic rings. The van der Waals surface area contributed by atoms with Crippen LogP contribution in [0.1, 0.15) is 25.7 Å². The van der Waals surface area contributed by atoms with E-state index in [0.29, 0.717) is 11.8 Å². The number of likely N-dealkylation sites (tertiary alicyclic amines) is 1. The summed E-state index contributed by atoms with van der Waals surface area (Å²) in [6.07, 6.45) is 4.51. The van der Waals surface area contributed by atoms with Crippen LogP contribution in [0.15, 0.2) is 0 Å². The summed E-state index contributed by atoms with van der Waals surface area (Å²) in [5.74, 6) is 1.75. The first-order chi connectivity index (χ1) is 8.20. The van der Waals surface area contributed by atoms with E-state index >= 15 is 0 Å². The van der Waals surface area contributed by atoms with Gasteiger partial charge >= 0.3 is 0 Å². The molecular weight excluding hydrogens is 216 g/mol. The van der Waals surface area contributed by atoms with Gasteiger partial charge in [-0.2, -0.15) is 0 Å². The Balaban J connectivity index is 1.67. The zero-order chi connectivity index (χ0) is 12.0. The lowest BCUT2D eigenvalue weighted by Gasteiger charge is -2.30. The van der Waals surface area contributed by atoms with Crippen molar-refractivity contribution in [2.45, 2.75) is 31.7 Å². The Labute approximate surface area is 102 Å². The maximum absolute atomic E-state index is 12.5. The van der Waals surface area contributed by atoms with Crippen LogP contribution in [-0.4, -0.2) is 41.7 Å². The number of amides is 1. The van der Waals surface area contributed by atoms with Gasteiger partial charge in [0.2, 0.25) is 5.91 Å². The third kappa shape index (κ3) is 1.78. The first-order valence-corrected chi connectivity index (χ1v) is 6.86. The van der Waals surface area contributed by atoms with Crippen LogP contribution < -0.4 is 5.73 Å². The number of hydrogen-bond donors (Lipinski definition) is 2. The summed E-state index contributed by atoms with van der Waals surface area (Å²) in [6.45, 7) is 1.74. The Morgan fingerprint density at radius 1 is 1.29 bits per heavy atom. The molecule has 3 fully saturated rings. The van der Waals surface area contributed by atoms with Crippen LogP contribution >= 0.6 is 0 Å². The maximum Gasteiger partial charge on any atom is 0.227 e. The number of aliphatic hydroxyl groups is 1. The smallest absolute Gasteiger partial charge is 0.227 e. The molecule has 0 aromatic carbocycles. The predicted octanol–water partition coefficient (Wildman–Crippen LogP) is 0.201. The molecule has 5 unspecified atom stereocenters. The lowest BCUT2D eigenvalue weighted by molar-refractivity contribution is -0.136. The molecule has 0 radical (unpaired) electrons. The molecule has 0 aromatic rings. The Hall–Kier alpha value is -0.610. The maximum atomic E-state index is 12.5. The van der Waals surface area contributed by atoms with E-state index in [1.807, 2.05) is 4.90 Å². The minimum Gasteiger partial charge on any atom is -0.396 e. The molecule has 3 rings (SSSR count). The summed E-state index contributed by atoms with van der Waals surface area (Å²) in [6, 6.07) is 0.0921. The molecule has 0 aromatic heterocycles. The first-order valence-electron chi connectivity index (χ1n) is 6.86. The van der Waals surface area contributed by atoms with Crippen LogP contribution in [-0.2, 0) is 4.79 Å². The molecule has 5 atom stereocenters. The molecular formula is C13H22N2O2. The highest BCUT2D eigenvalue weighted by Gasteiger charge is 2.50. The summed E-state index contributed by atoms with van der Waals surface area (Å²) in [5.41, 5.74) is 6.20. The molecule has 4 heteroatoms. The van der Waals surface area contributed by atoms with Crippen molar-refractivity contribution in [3.05, 3.63) is 0 Å². The monoisotopic (exact) mass is 238 g/mol. The molecule has 3 N–H and O–H groups in total. The van der Waals surface area contributed by atoms with Crippen molar-refractivity contribution in [3.8, 4) is 0 Å². The van der Waals surface area contributed by atoms with Gasteiger partial charge in [0.05, 0.1) is 5.92 Å². The van der Waals surface area contributed by atoms with Crippen molar-refractivity contribution in [2.75, 3.05) is 19.7 Å². The fourth-order valence-electron chi connectivity index (χ4n) is 4.09. The molecule has 17 heavy (non-hydrogen) atoms. The summed E-state index contributed by atoms with van der Waals surface area (Å²) < 4.78 is 0. The van der Waals surface area contributed by atoms with Gasteiger partial charge in [-0.3, -0.25) is 4.79 Å². The average molecular weight is 238 g/mol. The van der Waals surface area contributed by atoms with Crippen molar-refractivity contribution in [1.29, 1.82) is 0 Å². The Morgan fingerprint density at radius 3 is 2.65 bits per heavy atom. The van der Waals surface area contributed by atoms with Gasteiger partial charge in [-0.25, -0.2) is 0 Å². The molecule has 0 spiro atoms. The summed E-state index contributed by atoms with van der Waals surface area (Å²) in [7, 11) is 0. The van der Waals surface area contributed by atoms with E-state index in [2.05, 4.69) is 0 Å². The normalized spacial score (nSPS) is 44.6. The predicted molar refractivity (Wildman–Crippen MR) is 64.1 cm³/mol. The van der Waals surface area contributed by atoms with Gasteiger partial charge in [-0.05, 0) is 37.5 Å². The molecule has 1 saturated heterocycles. The van der Waals surface area contributed by atoms with Gasteiger partial charge in [0.1, 0.15) is 0 Å². The zero-order valence-corrected chi connectivity index (χ0v) is 10.2. The molecule has 1 heterocycles. The number of nitrogens with zero attached hydrogens (tertiary/aromatic N) is 1. The lowest BCUT2D eigenvalue weighted by Crippen LogP contribution is -2.46. The second-order valence-electron chi connectivity index (χ2n) is 6.06. The summed E-state index contributed by atoms with van der Waals surface area (Å²) in [4.78, 5) is 14.4. The van der Waals surface area contributed by atoms with Crippen molar-refractivity contribution < 1.29 is 9.90 Å². The number of rotatable bonds is 2. The van der Waals surface area contributed by atoms with Gasteiger partial charge in [0.25, 0.3) is 0 Å². The van der Waals surface area contributed by atoms with Crippen molar-refractivity contribution in [1.82, 2.24) is 4.90 Å². The molecule has 1 aliphatic heterocycles. The zero-order valence-electron chi connectivity index (χ0n) is 10.2. The van der Waals surface area contributed by atoms with Crippen LogP contribution in [0.25, 0.3) is 0 Å². The van der Waals surface area contributed by atoms with Gasteiger partial charge < -0.3 is 15.7 Å². The topological polar surface area (TPSA) is 66.6 Å². The second-order valence-corrected chi connectivity index (χ2v) is 6.06. The van der Waals surface area contributed by atoms with Gasteiger partial charge in [-0.1, -0.05) is 0 Å². The number of aliphatic hydroxyl groups excluding tert-OH is 1. The van der Waals surface area contributed by atoms with Gasteiger partial charge in [0.15, 0.2) is 0 Å². The van der Waals surface area contributed by atoms with Crippen LogP contribution in [0, 0.1) is 23.7 Å².